The Labute approximate surface area is 196 Å². The number of amides is 1. The summed E-state index contributed by atoms with van der Waals surface area (Å²) in [5.74, 6) is -0.102. The summed E-state index contributed by atoms with van der Waals surface area (Å²) < 4.78 is 33.1. The summed E-state index contributed by atoms with van der Waals surface area (Å²) in [4.78, 5) is 17.2. The molecule has 2 saturated heterocycles. The van der Waals surface area contributed by atoms with Gasteiger partial charge in [-0.2, -0.15) is 4.31 Å². The van der Waals surface area contributed by atoms with Crippen LogP contribution in [0.15, 0.2) is 59.5 Å². The molecular weight excluding hydrogens is 440 g/mol. The molecule has 2 aliphatic heterocycles. The highest BCUT2D eigenvalue weighted by Crippen LogP contribution is 2.22. The second-order valence-electron chi connectivity index (χ2n) is 8.75. The maximum Gasteiger partial charge on any atom is 0.243 e. The third kappa shape index (κ3) is 5.92. The summed E-state index contributed by atoms with van der Waals surface area (Å²) in [7, 11) is -3.60. The third-order valence-electron chi connectivity index (χ3n) is 6.02. The van der Waals surface area contributed by atoms with Crippen LogP contribution in [-0.2, 0) is 19.6 Å². The maximum absolute atomic E-state index is 13.0. The smallest absolute Gasteiger partial charge is 0.243 e. The van der Waals surface area contributed by atoms with Crippen LogP contribution in [0.4, 0.5) is 11.4 Å². The van der Waals surface area contributed by atoms with E-state index >= 15 is 0 Å². The lowest BCUT2D eigenvalue weighted by molar-refractivity contribution is -0.117. The number of hydrogen-bond acceptors (Lipinski definition) is 6. The van der Waals surface area contributed by atoms with E-state index in [9.17, 15) is 13.2 Å². The lowest BCUT2D eigenvalue weighted by atomic mass is 10.2. The van der Waals surface area contributed by atoms with Gasteiger partial charge < -0.3 is 15.0 Å². The van der Waals surface area contributed by atoms with Gasteiger partial charge in [-0.05, 0) is 50.2 Å². The van der Waals surface area contributed by atoms with Gasteiger partial charge in [-0.3, -0.25) is 9.69 Å². The van der Waals surface area contributed by atoms with E-state index in [0.29, 0.717) is 25.3 Å². The lowest BCUT2D eigenvalue weighted by Crippen LogP contribution is -2.48. The number of nitrogens with zero attached hydrogens (tertiary/aromatic N) is 3. The molecule has 1 amide bonds. The highest BCUT2D eigenvalue weighted by Gasteiger charge is 2.32. The van der Waals surface area contributed by atoms with Gasteiger partial charge in [0.2, 0.25) is 15.9 Å². The second-order valence-corrected chi connectivity index (χ2v) is 10.7. The van der Waals surface area contributed by atoms with E-state index in [-0.39, 0.29) is 23.0 Å². The maximum atomic E-state index is 13.0. The predicted octanol–water partition coefficient (Wildman–Crippen LogP) is 2.25. The Kier molecular flexibility index (Phi) is 7.33. The van der Waals surface area contributed by atoms with Gasteiger partial charge in [-0.25, -0.2) is 8.42 Å². The molecule has 0 bridgehead atoms. The zero-order valence-electron chi connectivity index (χ0n) is 19.2. The van der Waals surface area contributed by atoms with Gasteiger partial charge in [-0.1, -0.05) is 18.2 Å². The molecule has 0 saturated carbocycles. The van der Waals surface area contributed by atoms with Gasteiger partial charge in [0, 0.05) is 50.6 Å². The average molecular weight is 473 g/mol. The van der Waals surface area contributed by atoms with Crippen LogP contribution in [0.3, 0.4) is 0 Å². The second kappa shape index (κ2) is 10.2. The van der Waals surface area contributed by atoms with Crippen LogP contribution >= 0.6 is 0 Å². The number of nitrogens with one attached hydrogen (secondary N) is 1. The monoisotopic (exact) mass is 472 g/mol. The molecule has 4 rings (SSSR count). The number of piperazine rings is 1. The van der Waals surface area contributed by atoms with Crippen molar-refractivity contribution in [1.82, 2.24) is 9.21 Å². The minimum atomic E-state index is -3.60. The van der Waals surface area contributed by atoms with Crippen LogP contribution in [0.25, 0.3) is 0 Å². The van der Waals surface area contributed by atoms with E-state index in [4.69, 9.17) is 4.74 Å². The van der Waals surface area contributed by atoms with Crippen molar-refractivity contribution in [3.05, 3.63) is 54.6 Å². The number of carbonyl (C=O) groups excluding carboxylic acids is 1. The van der Waals surface area contributed by atoms with Crippen LogP contribution in [0, 0.1) is 0 Å². The summed E-state index contributed by atoms with van der Waals surface area (Å²) in [6.45, 7) is 8.12. The molecular formula is C24H32N4O4S. The van der Waals surface area contributed by atoms with Crippen molar-refractivity contribution in [2.24, 2.45) is 0 Å². The first-order valence-electron chi connectivity index (χ1n) is 11.4. The average Bonchev–Trinajstić information content (AvgIpc) is 2.80. The molecule has 33 heavy (non-hydrogen) atoms. The minimum Gasteiger partial charge on any atom is -0.373 e. The van der Waals surface area contributed by atoms with Crippen molar-refractivity contribution in [3.8, 4) is 0 Å². The SMILES string of the molecule is CC1CN(S(=O)(=O)c2ccc(NC(=O)CN3CCN(c4ccccc4)CC3)cc2)CC(C)O1. The number of morpholine rings is 1. The van der Waals surface area contributed by atoms with Crippen molar-refractivity contribution >= 4 is 27.3 Å². The predicted molar refractivity (Wildman–Crippen MR) is 129 cm³/mol. The number of hydrogen-bond donors (Lipinski definition) is 1. The van der Waals surface area contributed by atoms with Gasteiger partial charge in [0.15, 0.2) is 0 Å². The molecule has 178 valence electrons. The Morgan fingerprint density at radius 1 is 0.939 bits per heavy atom. The summed E-state index contributed by atoms with van der Waals surface area (Å²) in [5.41, 5.74) is 1.79. The highest BCUT2D eigenvalue weighted by molar-refractivity contribution is 7.89. The number of ether oxygens (including phenoxy) is 1. The zero-order chi connectivity index (χ0) is 23.4. The molecule has 8 nitrogen and oxygen atoms in total. The number of para-hydroxylation sites is 1. The summed E-state index contributed by atoms with van der Waals surface area (Å²) >= 11 is 0. The molecule has 0 aromatic heterocycles. The van der Waals surface area contributed by atoms with Crippen LogP contribution in [0.1, 0.15) is 13.8 Å². The van der Waals surface area contributed by atoms with Crippen molar-refractivity contribution < 1.29 is 17.9 Å². The fraction of sp³-hybridized carbons (Fsp3) is 0.458. The largest absolute Gasteiger partial charge is 0.373 e. The normalized spacial score (nSPS) is 22.8. The molecule has 2 aliphatic rings. The van der Waals surface area contributed by atoms with Crippen LogP contribution in [0.5, 0.6) is 0 Å². The third-order valence-corrected chi connectivity index (χ3v) is 7.87. The molecule has 0 aliphatic carbocycles. The van der Waals surface area contributed by atoms with Gasteiger partial charge in [0.25, 0.3) is 0 Å². The molecule has 2 atom stereocenters. The van der Waals surface area contributed by atoms with Crippen molar-refractivity contribution in [2.45, 2.75) is 31.0 Å². The Morgan fingerprint density at radius 2 is 1.55 bits per heavy atom. The zero-order valence-corrected chi connectivity index (χ0v) is 20.0. The molecule has 1 N–H and O–H groups in total. The number of sulfonamides is 1. The van der Waals surface area contributed by atoms with Crippen LogP contribution in [0.2, 0.25) is 0 Å². The van der Waals surface area contributed by atoms with Gasteiger partial charge in [0.1, 0.15) is 0 Å². The van der Waals surface area contributed by atoms with E-state index in [1.54, 1.807) is 24.3 Å². The van der Waals surface area contributed by atoms with Gasteiger partial charge in [0.05, 0.1) is 23.6 Å². The Balaban J connectivity index is 1.29. The van der Waals surface area contributed by atoms with Gasteiger partial charge in [-0.15, -0.1) is 0 Å². The Hall–Kier alpha value is -2.46. The van der Waals surface area contributed by atoms with E-state index in [2.05, 4.69) is 27.2 Å². The fourth-order valence-corrected chi connectivity index (χ4v) is 5.98. The molecule has 2 fully saturated rings. The van der Waals surface area contributed by atoms with Crippen molar-refractivity contribution in [1.29, 1.82) is 0 Å². The molecule has 2 aromatic rings. The quantitative estimate of drug-likeness (QED) is 0.695. The number of rotatable bonds is 6. The molecule has 0 radical (unpaired) electrons. The van der Waals surface area contributed by atoms with Gasteiger partial charge >= 0.3 is 0 Å². The van der Waals surface area contributed by atoms with Crippen LogP contribution in [-0.4, -0.2) is 81.6 Å². The number of anilines is 2. The number of benzene rings is 2. The first-order valence-corrected chi connectivity index (χ1v) is 12.8. The molecule has 2 heterocycles. The van der Waals surface area contributed by atoms with Crippen molar-refractivity contribution in [3.63, 3.8) is 0 Å². The van der Waals surface area contributed by atoms with E-state index < -0.39 is 10.0 Å². The van der Waals surface area contributed by atoms with E-state index in [0.717, 1.165) is 26.2 Å². The molecule has 0 spiro atoms. The molecule has 2 unspecified atom stereocenters. The molecule has 9 heteroatoms. The standard InChI is InChI=1S/C24H32N4O4S/c1-19-16-28(17-20(2)32-19)33(30,31)23-10-8-21(9-11-23)25-24(29)18-26-12-14-27(15-13-26)22-6-4-3-5-7-22/h3-11,19-20H,12-18H2,1-2H3,(H,25,29). The number of carbonyl (C=O) groups is 1. The fourth-order valence-electron chi connectivity index (χ4n) is 4.39. The summed E-state index contributed by atoms with van der Waals surface area (Å²) in [6.07, 6.45) is -0.284. The summed E-state index contributed by atoms with van der Waals surface area (Å²) in [5, 5.41) is 2.88. The first-order chi connectivity index (χ1) is 15.8. The first kappa shape index (κ1) is 23.7. The van der Waals surface area contributed by atoms with E-state index in [1.807, 2.05) is 32.0 Å². The van der Waals surface area contributed by atoms with Crippen LogP contribution < -0.4 is 10.2 Å². The topological polar surface area (TPSA) is 82.2 Å². The van der Waals surface area contributed by atoms with Crippen molar-refractivity contribution in [2.75, 3.05) is 56.0 Å². The van der Waals surface area contributed by atoms with E-state index in [1.165, 1.54) is 9.99 Å². The Bertz CT molecular complexity index is 1030. The lowest BCUT2D eigenvalue weighted by Gasteiger charge is -2.35. The summed E-state index contributed by atoms with van der Waals surface area (Å²) in [6, 6.07) is 16.7. The highest BCUT2D eigenvalue weighted by atomic mass is 32.2. The minimum absolute atomic E-state index is 0.102. The molecule has 2 aromatic carbocycles. The Morgan fingerprint density at radius 3 is 2.15 bits per heavy atom.